The van der Waals surface area contributed by atoms with Gasteiger partial charge in [0.05, 0.1) is 6.10 Å². The number of nitrogens with zero attached hydrogens (tertiary/aromatic N) is 1. The summed E-state index contributed by atoms with van der Waals surface area (Å²) >= 11 is 0. The van der Waals surface area contributed by atoms with Crippen molar-refractivity contribution in [3.8, 4) is 0 Å². The van der Waals surface area contributed by atoms with Crippen LogP contribution in [0.15, 0.2) is 18.3 Å². The molecule has 0 fully saturated rings. The first-order valence-corrected chi connectivity index (χ1v) is 4.27. The minimum Gasteiger partial charge on any atom is -0.388 e. The minimum absolute atomic E-state index is 0.284. The number of aliphatic hydroxyl groups is 1. The molecule has 0 spiro atoms. The SMILES string of the molecule is NCCC(O)c1ccc(C(F)F)nc1. The molecule has 0 bridgehead atoms. The summed E-state index contributed by atoms with van der Waals surface area (Å²) in [4.78, 5) is 3.53. The summed E-state index contributed by atoms with van der Waals surface area (Å²) in [6, 6.07) is 2.65. The lowest BCUT2D eigenvalue weighted by molar-refractivity contribution is 0.145. The van der Waals surface area contributed by atoms with E-state index in [-0.39, 0.29) is 5.69 Å². The van der Waals surface area contributed by atoms with Crippen molar-refractivity contribution < 1.29 is 13.9 Å². The van der Waals surface area contributed by atoms with Crippen molar-refractivity contribution in [3.63, 3.8) is 0 Å². The predicted octanol–water partition coefficient (Wildman–Crippen LogP) is 1.40. The van der Waals surface area contributed by atoms with E-state index in [1.807, 2.05) is 0 Å². The zero-order chi connectivity index (χ0) is 10.6. The Morgan fingerprint density at radius 3 is 2.57 bits per heavy atom. The van der Waals surface area contributed by atoms with Gasteiger partial charge in [-0.25, -0.2) is 8.78 Å². The van der Waals surface area contributed by atoms with Gasteiger partial charge in [0.2, 0.25) is 0 Å². The Bertz CT molecular complexity index is 277. The van der Waals surface area contributed by atoms with Gasteiger partial charge in [0.25, 0.3) is 6.43 Å². The topological polar surface area (TPSA) is 59.1 Å². The lowest BCUT2D eigenvalue weighted by Gasteiger charge is -2.09. The number of alkyl halides is 2. The van der Waals surface area contributed by atoms with Crippen LogP contribution in [-0.4, -0.2) is 16.6 Å². The van der Waals surface area contributed by atoms with Gasteiger partial charge >= 0.3 is 0 Å². The monoisotopic (exact) mass is 202 g/mol. The van der Waals surface area contributed by atoms with E-state index in [0.717, 1.165) is 0 Å². The van der Waals surface area contributed by atoms with E-state index in [4.69, 9.17) is 5.73 Å². The maximum atomic E-state index is 12.1. The van der Waals surface area contributed by atoms with Gasteiger partial charge in [-0.2, -0.15) is 0 Å². The van der Waals surface area contributed by atoms with Crippen LogP contribution in [0.25, 0.3) is 0 Å². The van der Waals surface area contributed by atoms with Gasteiger partial charge in [-0.15, -0.1) is 0 Å². The molecule has 0 amide bonds. The number of rotatable bonds is 4. The molecule has 0 saturated carbocycles. The van der Waals surface area contributed by atoms with E-state index in [0.29, 0.717) is 18.5 Å². The third-order valence-corrected chi connectivity index (χ3v) is 1.86. The Morgan fingerprint density at radius 1 is 1.43 bits per heavy atom. The van der Waals surface area contributed by atoms with E-state index in [1.165, 1.54) is 18.3 Å². The molecule has 0 aliphatic carbocycles. The summed E-state index contributed by atoms with van der Waals surface area (Å²) in [5, 5.41) is 9.44. The van der Waals surface area contributed by atoms with Crippen LogP contribution < -0.4 is 5.73 Å². The Balaban J connectivity index is 2.72. The molecule has 5 heteroatoms. The molecule has 1 unspecified atom stereocenters. The van der Waals surface area contributed by atoms with E-state index in [2.05, 4.69) is 4.98 Å². The molecule has 3 N–H and O–H groups in total. The predicted molar refractivity (Wildman–Crippen MR) is 47.8 cm³/mol. The van der Waals surface area contributed by atoms with E-state index >= 15 is 0 Å². The minimum atomic E-state index is -2.57. The van der Waals surface area contributed by atoms with Crippen LogP contribution in [0.4, 0.5) is 8.78 Å². The van der Waals surface area contributed by atoms with Crippen LogP contribution in [-0.2, 0) is 0 Å². The number of hydrogen-bond acceptors (Lipinski definition) is 3. The van der Waals surface area contributed by atoms with Gasteiger partial charge in [0.15, 0.2) is 0 Å². The second-order valence-corrected chi connectivity index (χ2v) is 2.91. The first-order valence-electron chi connectivity index (χ1n) is 4.27. The highest BCUT2D eigenvalue weighted by Gasteiger charge is 2.10. The summed E-state index contributed by atoms with van der Waals surface area (Å²) in [6.45, 7) is 0.345. The van der Waals surface area contributed by atoms with Crippen LogP contribution in [0.3, 0.4) is 0 Å². The summed E-state index contributed by atoms with van der Waals surface area (Å²) in [5.74, 6) is 0. The number of aliphatic hydroxyl groups excluding tert-OH is 1. The van der Waals surface area contributed by atoms with E-state index in [9.17, 15) is 13.9 Å². The maximum Gasteiger partial charge on any atom is 0.280 e. The van der Waals surface area contributed by atoms with Gasteiger partial charge in [-0.1, -0.05) is 6.07 Å². The summed E-state index contributed by atoms with van der Waals surface area (Å²) in [5.41, 5.74) is 5.47. The molecular formula is C9H12F2N2O. The molecule has 14 heavy (non-hydrogen) atoms. The second-order valence-electron chi connectivity index (χ2n) is 2.91. The third kappa shape index (κ3) is 2.71. The fourth-order valence-electron chi connectivity index (χ4n) is 1.07. The highest BCUT2D eigenvalue weighted by atomic mass is 19.3. The van der Waals surface area contributed by atoms with Crippen molar-refractivity contribution in [1.82, 2.24) is 4.98 Å². The molecule has 78 valence electrons. The molecule has 0 radical (unpaired) electrons. The van der Waals surface area contributed by atoms with Gasteiger partial charge < -0.3 is 10.8 Å². The van der Waals surface area contributed by atoms with Crippen molar-refractivity contribution in [3.05, 3.63) is 29.6 Å². The summed E-state index contributed by atoms with van der Waals surface area (Å²) in [6.07, 6.45) is -1.65. The van der Waals surface area contributed by atoms with E-state index in [1.54, 1.807) is 0 Å². The third-order valence-electron chi connectivity index (χ3n) is 1.86. The zero-order valence-electron chi connectivity index (χ0n) is 7.53. The number of halogens is 2. The maximum absolute atomic E-state index is 12.1. The Hall–Kier alpha value is -1.07. The van der Waals surface area contributed by atoms with Crippen LogP contribution in [0.1, 0.15) is 30.2 Å². The standard InChI is InChI=1S/C9H12F2N2O/c10-9(11)7-2-1-6(5-13-7)8(14)3-4-12/h1-2,5,8-9,14H,3-4,12H2. The van der Waals surface area contributed by atoms with Crippen molar-refractivity contribution in [2.24, 2.45) is 5.73 Å². The molecule has 1 aromatic rings. The van der Waals surface area contributed by atoms with Crippen LogP contribution in [0.2, 0.25) is 0 Å². The zero-order valence-corrected chi connectivity index (χ0v) is 7.53. The largest absolute Gasteiger partial charge is 0.388 e. The van der Waals surface area contributed by atoms with Crippen molar-refractivity contribution in [2.75, 3.05) is 6.54 Å². The summed E-state index contributed by atoms with van der Waals surface area (Å²) < 4.78 is 24.2. The lowest BCUT2D eigenvalue weighted by atomic mass is 10.1. The number of hydrogen-bond donors (Lipinski definition) is 2. The average molecular weight is 202 g/mol. The highest BCUT2D eigenvalue weighted by molar-refractivity contribution is 5.16. The van der Waals surface area contributed by atoms with Gasteiger partial charge in [-0.3, -0.25) is 4.98 Å². The molecular weight excluding hydrogens is 190 g/mol. The second kappa shape index (κ2) is 4.97. The molecule has 1 atom stereocenters. The van der Waals surface area contributed by atoms with Gasteiger partial charge in [0, 0.05) is 6.20 Å². The van der Waals surface area contributed by atoms with Crippen LogP contribution >= 0.6 is 0 Å². The Kier molecular flexibility index (Phi) is 3.91. The number of aromatic nitrogens is 1. The molecule has 0 saturated heterocycles. The Labute approximate surface area is 80.6 Å². The number of nitrogens with two attached hydrogens (primary N) is 1. The molecule has 0 aromatic carbocycles. The fourth-order valence-corrected chi connectivity index (χ4v) is 1.07. The first-order chi connectivity index (χ1) is 6.65. The lowest BCUT2D eigenvalue weighted by Crippen LogP contribution is -2.07. The summed E-state index contributed by atoms with van der Waals surface area (Å²) in [7, 11) is 0. The normalized spacial score (nSPS) is 13.2. The molecule has 1 aromatic heterocycles. The number of pyridine rings is 1. The smallest absolute Gasteiger partial charge is 0.280 e. The van der Waals surface area contributed by atoms with E-state index < -0.39 is 12.5 Å². The van der Waals surface area contributed by atoms with Gasteiger partial charge in [-0.05, 0) is 24.6 Å². The van der Waals surface area contributed by atoms with Gasteiger partial charge in [0.1, 0.15) is 5.69 Å². The van der Waals surface area contributed by atoms with Crippen LogP contribution in [0, 0.1) is 0 Å². The molecule has 1 rings (SSSR count). The quantitative estimate of drug-likeness (QED) is 0.775. The molecule has 1 heterocycles. The molecule has 0 aliphatic rings. The fraction of sp³-hybridized carbons (Fsp3) is 0.444. The molecule has 3 nitrogen and oxygen atoms in total. The van der Waals surface area contributed by atoms with Crippen LogP contribution in [0.5, 0.6) is 0 Å². The van der Waals surface area contributed by atoms with Crippen molar-refractivity contribution in [1.29, 1.82) is 0 Å². The first kappa shape index (κ1) is 11.0. The average Bonchev–Trinajstić information content (AvgIpc) is 2.18. The van der Waals surface area contributed by atoms with Crippen molar-refractivity contribution in [2.45, 2.75) is 19.0 Å². The van der Waals surface area contributed by atoms with Crippen molar-refractivity contribution >= 4 is 0 Å². The molecule has 0 aliphatic heterocycles. The Morgan fingerprint density at radius 2 is 2.14 bits per heavy atom. The highest BCUT2D eigenvalue weighted by Crippen LogP contribution is 2.19.